The first-order chi connectivity index (χ1) is 10.5. The molecule has 7 nitrogen and oxygen atoms in total. The Bertz CT molecular complexity index is 798. The highest BCUT2D eigenvalue weighted by Gasteiger charge is 2.29. The summed E-state index contributed by atoms with van der Waals surface area (Å²) in [5.41, 5.74) is 0.00125. The van der Waals surface area contributed by atoms with Crippen molar-refractivity contribution < 1.29 is 26.4 Å². The molecule has 128 valence electrons. The van der Waals surface area contributed by atoms with E-state index in [1.165, 1.54) is 24.3 Å². The van der Waals surface area contributed by atoms with Crippen LogP contribution in [0.15, 0.2) is 24.3 Å². The molecule has 0 N–H and O–H groups in total. The zero-order valence-electron chi connectivity index (χ0n) is 12.7. The van der Waals surface area contributed by atoms with E-state index in [1.54, 1.807) is 6.92 Å². The molecule has 0 bridgehead atoms. The number of nitrogens with zero attached hydrogens (tertiary/aromatic N) is 1. The van der Waals surface area contributed by atoms with E-state index in [2.05, 4.69) is 0 Å². The maximum absolute atomic E-state index is 11.9. The van der Waals surface area contributed by atoms with Gasteiger partial charge in [0, 0.05) is 16.7 Å². The van der Waals surface area contributed by atoms with E-state index in [0.717, 1.165) is 18.6 Å². The van der Waals surface area contributed by atoms with Crippen LogP contribution in [0.2, 0.25) is 5.02 Å². The van der Waals surface area contributed by atoms with Crippen LogP contribution < -0.4 is 3.71 Å². The van der Waals surface area contributed by atoms with Crippen molar-refractivity contribution in [2.45, 2.75) is 6.92 Å². The number of hydrogen-bond acceptors (Lipinski definition) is 6. The molecule has 0 fully saturated rings. The molecule has 0 unspecified atom stereocenters. The number of esters is 1. The third-order valence-corrected chi connectivity index (χ3v) is 5.94. The van der Waals surface area contributed by atoms with Crippen LogP contribution in [0.5, 0.6) is 0 Å². The summed E-state index contributed by atoms with van der Waals surface area (Å²) in [5.74, 6) is -0.640. The van der Waals surface area contributed by atoms with Crippen molar-refractivity contribution in [3.8, 4) is 0 Å². The molecule has 0 saturated carbocycles. The molecular weight excluding hydrogens is 366 g/mol. The number of carbonyl (C=O) groups is 1. The van der Waals surface area contributed by atoms with Crippen LogP contribution in [0.4, 0.5) is 5.69 Å². The van der Waals surface area contributed by atoms with Crippen LogP contribution in [0.3, 0.4) is 0 Å². The van der Waals surface area contributed by atoms with Gasteiger partial charge in [-0.05, 0) is 25.1 Å². The number of benzene rings is 1. The monoisotopic (exact) mass is 381 g/mol. The summed E-state index contributed by atoms with van der Waals surface area (Å²) in [5, 5.41) is 0.144. The molecule has 1 rings (SSSR count). The van der Waals surface area contributed by atoms with E-state index in [4.69, 9.17) is 16.3 Å². The summed E-state index contributed by atoms with van der Waals surface area (Å²) in [4.78, 5) is 11.4. The number of sulfonamides is 2. The van der Waals surface area contributed by atoms with Crippen molar-refractivity contribution in [2.75, 3.05) is 22.8 Å². The predicted octanol–water partition coefficient (Wildman–Crippen LogP) is 1.64. The largest absolute Gasteiger partial charge is 0.463 e. The number of halogens is 1. The molecule has 1 aromatic rings. The van der Waals surface area contributed by atoms with Crippen molar-refractivity contribution in [3.05, 3.63) is 34.9 Å². The molecule has 0 aromatic heterocycles. The van der Waals surface area contributed by atoms with Gasteiger partial charge in [0.1, 0.15) is 0 Å². The normalized spacial score (nSPS) is 12.3. The van der Waals surface area contributed by atoms with E-state index in [9.17, 15) is 21.6 Å². The third kappa shape index (κ3) is 5.52. The van der Waals surface area contributed by atoms with Gasteiger partial charge in [0.25, 0.3) is 0 Å². The summed E-state index contributed by atoms with van der Waals surface area (Å²) >= 11 is 5.84. The van der Waals surface area contributed by atoms with Gasteiger partial charge in [-0.25, -0.2) is 21.6 Å². The van der Waals surface area contributed by atoms with E-state index in [0.29, 0.717) is 0 Å². The molecular formula is C13H16ClNO6S2. The predicted molar refractivity (Wildman–Crippen MR) is 89.3 cm³/mol. The molecule has 10 heteroatoms. The van der Waals surface area contributed by atoms with Crippen LogP contribution >= 0.6 is 11.6 Å². The first-order valence-corrected chi connectivity index (χ1v) is 10.4. The van der Waals surface area contributed by atoms with Crippen LogP contribution in [0.1, 0.15) is 12.5 Å². The Hall–Kier alpha value is -1.58. The zero-order chi connectivity index (χ0) is 17.8. The quantitative estimate of drug-likeness (QED) is 0.548. The topological polar surface area (TPSA) is 97.8 Å². The molecule has 0 aliphatic carbocycles. The Labute approximate surface area is 140 Å². The minimum Gasteiger partial charge on any atom is -0.463 e. The van der Waals surface area contributed by atoms with Crippen LogP contribution in [-0.4, -0.2) is 41.9 Å². The molecule has 0 radical (unpaired) electrons. The molecule has 0 spiro atoms. The Morgan fingerprint density at radius 2 is 1.78 bits per heavy atom. The van der Waals surface area contributed by atoms with Crippen molar-refractivity contribution >= 4 is 49.4 Å². The van der Waals surface area contributed by atoms with E-state index in [1.807, 2.05) is 0 Å². The molecule has 0 atom stereocenters. The number of ether oxygens (including phenoxy) is 1. The van der Waals surface area contributed by atoms with Gasteiger partial charge in [-0.1, -0.05) is 17.7 Å². The zero-order valence-corrected chi connectivity index (χ0v) is 15.1. The Kier molecular flexibility index (Phi) is 6.20. The van der Waals surface area contributed by atoms with Gasteiger partial charge < -0.3 is 4.74 Å². The van der Waals surface area contributed by atoms with Crippen molar-refractivity contribution in [3.63, 3.8) is 0 Å². The lowest BCUT2D eigenvalue weighted by atomic mass is 10.1. The Balaban J connectivity index is 3.51. The van der Waals surface area contributed by atoms with Gasteiger partial charge in [-0.3, -0.25) is 0 Å². The van der Waals surface area contributed by atoms with Gasteiger partial charge in [-0.15, -0.1) is 0 Å². The molecule has 0 amide bonds. The number of hydrogen-bond donors (Lipinski definition) is 0. The highest BCUT2D eigenvalue weighted by atomic mass is 35.5. The average molecular weight is 382 g/mol. The summed E-state index contributed by atoms with van der Waals surface area (Å²) < 4.78 is 52.5. The van der Waals surface area contributed by atoms with Gasteiger partial charge in [0.15, 0.2) is 0 Å². The van der Waals surface area contributed by atoms with Crippen molar-refractivity contribution in [1.29, 1.82) is 0 Å². The second-order valence-corrected chi connectivity index (χ2v) is 8.84. The SMILES string of the molecule is CCOC(=O)C=Cc1ccc(Cl)cc1N(S(C)(=O)=O)S(C)(=O)=O. The fourth-order valence-electron chi connectivity index (χ4n) is 1.77. The average Bonchev–Trinajstić information content (AvgIpc) is 2.34. The third-order valence-electron chi connectivity index (χ3n) is 2.48. The number of rotatable bonds is 6. The smallest absolute Gasteiger partial charge is 0.330 e. The first kappa shape index (κ1) is 19.5. The Morgan fingerprint density at radius 3 is 2.26 bits per heavy atom. The molecule has 1 aromatic carbocycles. The van der Waals surface area contributed by atoms with Crippen LogP contribution in [0.25, 0.3) is 6.08 Å². The summed E-state index contributed by atoms with van der Waals surface area (Å²) in [6, 6.07) is 4.03. The van der Waals surface area contributed by atoms with Crippen LogP contribution in [-0.2, 0) is 29.6 Å². The second kappa shape index (κ2) is 7.33. The van der Waals surface area contributed by atoms with Gasteiger partial charge >= 0.3 is 5.97 Å². The van der Waals surface area contributed by atoms with Gasteiger partial charge in [-0.2, -0.15) is 3.71 Å². The lowest BCUT2D eigenvalue weighted by Crippen LogP contribution is -2.35. The minimum absolute atomic E-state index is 0.144. The van der Waals surface area contributed by atoms with Gasteiger partial charge in [0.05, 0.1) is 24.8 Å². The van der Waals surface area contributed by atoms with E-state index < -0.39 is 26.0 Å². The van der Waals surface area contributed by atoms with Crippen LogP contribution in [0, 0.1) is 0 Å². The van der Waals surface area contributed by atoms with Gasteiger partial charge in [0.2, 0.25) is 20.0 Å². The lowest BCUT2D eigenvalue weighted by molar-refractivity contribution is -0.137. The van der Waals surface area contributed by atoms with Crippen molar-refractivity contribution in [2.24, 2.45) is 0 Å². The standard InChI is InChI=1S/C13H16ClNO6S2/c1-4-21-13(16)8-6-10-5-7-11(14)9-12(10)15(22(2,17)18)23(3,19)20/h5-9H,4H2,1-3H3. The minimum atomic E-state index is -4.13. The summed E-state index contributed by atoms with van der Waals surface area (Å²) in [7, 11) is -8.25. The highest BCUT2D eigenvalue weighted by molar-refractivity contribution is 8.09. The Morgan fingerprint density at radius 1 is 1.22 bits per heavy atom. The molecule has 0 aliphatic rings. The fourth-order valence-corrected chi connectivity index (χ4v) is 4.93. The molecule has 0 saturated heterocycles. The lowest BCUT2D eigenvalue weighted by Gasteiger charge is -2.21. The summed E-state index contributed by atoms with van der Waals surface area (Å²) in [6.07, 6.45) is 3.84. The number of carbonyl (C=O) groups excluding carboxylic acids is 1. The van der Waals surface area contributed by atoms with Crippen molar-refractivity contribution in [1.82, 2.24) is 0 Å². The first-order valence-electron chi connectivity index (χ1n) is 6.31. The molecule has 0 heterocycles. The summed E-state index contributed by atoms with van der Waals surface area (Å²) in [6.45, 7) is 1.81. The number of anilines is 1. The van der Waals surface area contributed by atoms with E-state index >= 15 is 0 Å². The van der Waals surface area contributed by atoms with E-state index in [-0.39, 0.29) is 26.6 Å². The molecule has 23 heavy (non-hydrogen) atoms. The highest BCUT2D eigenvalue weighted by Crippen LogP contribution is 2.30. The molecule has 0 aliphatic heterocycles. The maximum atomic E-state index is 11.9. The second-order valence-electron chi connectivity index (χ2n) is 4.51. The fraction of sp³-hybridized carbons (Fsp3) is 0.308. The maximum Gasteiger partial charge on any atom is 0.330 e.